The highest BCUT2D eigenvalue weighted by Gasteiger charge is 2.19. The summed E-state index contributed by atoms with van der Waals surface area (Å²) in [6.07, 6.45) is 2.86. The van der Waals surface area contributed by atoms with Gasteiger partial charge in [-0.15, -0.1) is 0 Å². The molecule has 2 rings (SSSR count). The first-order chi connectivity index (χ1) is 6.34. The van der Waals surface area contributed by atoms with Gasteiger partial charge in [-0.25, -0.2) is 0 Å². The molecule has 1 fully saturated rings. The molecule has 0 unspecified atom stereocenters. The van der Waals surface area contributed by atoms with E-state index in [2.05, 4.69) is 36.5 Å². The van der Waals surface area contributed by atoms with E-state index in [1.807, 2.05) is 0 Å². The van der Waals surface area contributed by atoms with Crippen molar-refractivity contribution in [2.24, 2.45) is 5.92 Å². The maximum absolute atomic E-state index is 3.48. The predicted octanol–water partition coefficient (Wildman–Crippen LogP) is 2.49. The monoisotopic (exact) mass is 175 g/mol. The first kappa shape index (κ1) is 8.76. The number of hydrogen-bond acceptors (Lipinski definition) is 1. The fraction of sp³-hybridized carbons (Fsp3) is 0.500. The molecule has 1 heteroatoms. The van der Waals surface area contributed by atoms with Gasteiger partial charge in [-0.05, 0) is 37.8 Å². The van der Waals surface area contributed by atoms with Crippen LogP contribution in [0.25, 0.3) is 0 Å². The molecule has 0 atom stereocenters. The van der Waals surface area contributed by atoms with Crippen molar-refractivity contribution >= 4 is 0 Å². The molecular weight excluding hydrogens is 158 g/mol. The first-order valence-electron chi connectivity index (χ1n) is 5.11. The molecule has 1 aliphatic rings. The van der Waals surface area contributed by atoms with Gasteiger partial charge in [0.2, 0.25) is 0 Å². The minimum absolute atomic E-state index is 0.977. The van der Waals surface area contributed by atoms with E-state index >= 15 is 0 Å². The SMILES string of the molecule is Cc1ccc(CNCC2CC2)cc1. The van der Waals surface area contributed by atoms with Crippen LogP contribution in [0, 0.1) is 12.8 Å². The molecule has 0 amide bonds. The first-order valence-corrected chi connectivity index (χ1v) is 5.11. The summed E-state index contributed by atoms with van der Waals surface area (Å²) in [7, 11) is 0. The molecule has 1 aromatic carbocycles. The lowest BCUT2D eigenvalue weighted by Gasteiger charge is -2.03. The minimum Gasteiger partial charge on any atom is -0.312 e. The van der Waals surface area contributed by atoms with Crippen LogP contribution in [0.4, 0.5) is 0 Å². The van der Waals surface area contributed by atoms with Crippen LogP contribution >= 0.6 is 0 Å². The van der Waals surface area contributed by atoms with Crippen LogP contribution in [0.1, 0.15) is 24.0 Å². The summed E-state index contributed by atoms with van der Waals surface area (Å²) in [6.45, 7) is 4.35. The number of nitrogens with one attached hydrogen (secondary N) is 1. The molecule has 0 aliphatic heterocycles. The Hall–Kier alpha value is -0.820. The Morgan fingerprint density at radius 3 is 2.54 bits per heavy atom. The van der Waals surface area contributed by atoms with Crippen molar-refractivity contribution in [2.75, 3.05) is 6.54 Å². The van der Waals surface area contributed by atoms with Gasteiger partial charge in [-0.2, -0.15) is 0 Å². The predicted molar refractivity (Wildman–Crippen MR) is 55.6 cm³/mol. The van der Waals surface area contributed by atoms with Gasteiger partial charge in [-0.1, -0.05) is 29.8 Å². The Bertz CT molecular complexity index is 259. The number of hydrogen-bond donors (Lipinski definition) is 1. The zero-order valence-corrected chi connectivity index (χ0v) is 8.22. The smallest absolute Gasteiger partial charge is 0.0205 e. The lowest BCUT2D eigenvalue weighted by atomic mass is 10.1. The van der Waals surface area contributed by atoms with Crippen LogP contribution in [0.15, 0.2) is 24.3 Å². The third-order valence-electron chi connectivity index (χ3n) is 2.58. The van der Waals surface area contributed by atoms with Crippen LogP contribution in [0.2, 0.25) is 0 Å². The van der Waals surface area contributed by atoms with E-state index in [0.717, 1.165) is 12.5 Å². The second-order valence-electron chi connectivity index (χ2n) is 4.06. The summed E-state index contributed by atoms with van der Waals surface area (Å²) in [5.74, 6) is 0.977. The number of aryl methyl sites for hydroxylation is 1. The van der Waals surface area contributed by atoms with Crippen molar-refractivity contribution in [3.8, 4) is 0 Å². The van der Waals surface area contributed by atoms with Crippen molar-refractivity contribution in [2.45, 2.75) is 26.3 Å². The molecule has 1 aromatic rings. The normalized spacial score (nSPS) is 16.1. The van der Waals surface area contributed by atoms with Gasteiger partial charge in [-0.3, -0.25) is 0 Å². The highest BCUT2D eigenvalue weighted by molar-refractivity contribution is 5.21. The summed E-state index contributed by atoms with van der Waals surface area (Å²) in [5, 5.41) is 3.48. The van der Waals surface area contributed by atoms with E-state index in [0.29, 0.717) is 0 Å². The van der Waals surface area contributed by atoms with Crippen molar-refractivity contribution in [3.63, 3.8) is 0 Å². The van der Waals surface area contributed by atoms with Crippen LogP contribution in [-0.4, -0.2) is 6.54 Å². The Morgan fingerprint density at radius 1 is 1.23 bits per heavy atom. The van der Waals surface area contributed by atoms with Gasteiger partial charge in [0.15, 0.2) is 0 Å². The summed E-state index contributed by atoms with van der Waals surface area (Å²) in [4.78, 5) is 0. The summed E-state index contributed by atoms with van der Waals surface area (Å²) < 4.78 is 0. The van der Waals surface area contributed by atoms with E-state index < -0.39 is 0 Å². The Morgan fingerprint density at radius 2 is 1.92 bits per heavy atom. The van der Waals surface area contributed by atoms with E-state index in [9.17, 15) is 0 Å². The minimum atomic E-state index is 0.977. The van der Waals surface area contributed by atoms with Gasteiger partial charge in [0.05, 0.1) is 0 Å². The van der Waals surface area contributed by atoms with Gasteiger partial charge in [0, 0.05) is 6.54 Å². The lowest BCUT2D eigenvalue weighted by molar-refractivity contribution is 0.638. The van der Waals surface area contributed by atoms with Gasteiger partial charge in [0.1, 0.15) is 0 Å². The lowest BCUT2D eigenvalue weighted by Crippen LogP contribution is -2.15. The van der Waals surface area contributed by atoms with Crippen LogP contribution in [0.5, 0.6) is 0 Å². The van der Waals surface area contributed by atoms with Crippen molar-refractivity contribution in [1.29, 1.82) is 0 Å². The highest BCUT2D eigenvalue weighted by Crippen LogP contribution is 2.27. The topological polar surface area (TPSA) is 12.0 Å². The zero-order valence-electron chi connectivity index (χ0n) is 8.22. The van der Waals surface area contributed by atoms with Crippen molar-refractivity contribution < 1.29 is 0 Å². The third-order valence-corrected chi connectivity index (χ3v) is 2.58. The number of benzene rings is 1. The fourth-order valence-electron chi connectivity index (χ4n) is 1.45. The van der Waals surface area contributed by atoms with Gasteiger partial charge >= 0.3 is 0 Å². The van der Waals surface area contributed by atoms with E-state index in [-0.39, 0.29) is 0 Å². The summed E-state index contributed by atoms with van der Waals surface area (Å²) in [6, 6.07) is 8.76. The highest BCUT2D eigenvalue weighted by atomic mass is 14.9. The average Bonchev–Trinajstić information content (AvgIpc) is 2.92. The zero-order chi connectivity index (χ0) is 9.10. The second kappa shape index (κ2) is 3.93. The molecular formula is C12H17N. The second-order valence-corrected chi connectivity index (χ2v) is 4.06. The Labute approximate surface area is 80.2 Å². The van der Waals surface area contributed by atoms with Crippen molar-refractivity contribution in [3.05, 3.63) is 35.4 Å². The van der Waals surface area contributed by atoms with E-state index in [4.69, 9.17) is 0 Å². The standard InChI is InChI=1S/C12H17N/c1-10-2-4-11(5-3-10)8-13-9-12-6-7-12/h2-5,12-13H,6-9H2,1H3. The van der Waals surface area contributed by atoms with Gasteiger partial charge < -0.3 is 5.32 Å². The van der Waals surface area contributed by atoms with E-state index in [1.54, 1.807) is 0 Å². The van der Waals surface area contributed by atoms with Crippen LogP contribution in [0.3, 0.4) is 0 Å². The molecule has 1 N–H and O–H groups in total. The molecule has 1 aliphatic carbocycles. The molecule has 0 saturated heterocycles. The van der Waals surface area contributed by atoms with E-state index in [1.165, 1.54) is 30.5 Å². The summed E-state index contributed by atoms with van der Waals surface area (Å²) >= 11 is 0. The maximum atomic E-state index is 3.48. The fourth-order valence-corrected chi connectivity index (χ4v) is 1.45. The van der Waals surface area contributed by atoms with Crippen LogP contribution in [-0.2, 0) is 6.54 Å². The Balaban J connectivity index is 1.76. The molecule has 70 valence electrons. The molecule has 13 heavy (non-hydrogen) atoms. The molecule has 0 heterocycles. The quantitative estimate of drug-likeness (QED) is 0.741. The summed E-state index contributed by atoms with van der Waals surface area (Å²) in [5.41, 5.74) is 2.73. The van der Waals surface area contributed by atoms with Crippen LogP contribution < -0.4 is 5.32 Å². The molecule has 1 nitrogen and oxygen atoms in total. The third kappa shape index (κ3) is 2.85. The van der Waals surface area contributed by atoms with Gasteiger partial charge in [0.25, 0.3) is 0 Å². The average molecular weight is 175 g/mol. The molecule has 0 radical (unpaired) electrons. The number of rotatable bonds is 4. The molecule has 1 saturated carbocycles. The molecule has 0 aromatic heterocycles. The Kier molecular flexibility index (Phi) is 2.65. The maximum Gasteiger partial charge on any atom is 0.0205 e. The molecule has 0 bridgehead atoms. The largest absolute Gasteiger partial charge is 0.312 e. The molecule has 0 spiro atoms. The van der Waals surface area contributed by atoms with Crippen molar-refractivity contribution in [1.82, 2.24) is 5.32 Å².